The summed E-state index contributed by atoms with van der Waals surface area (Å²) in [7, 11) is -3.83. The smallest absolute Gasteiger partial charge is 0.243 e. The number of sulfonamides is 1. The van der Waals surface area contributed by atoms with E-state index in [4.69, 9.17) is 4.74 Å². The summed E-state index contributed by atoms with van der Waals surface area (Å²) in [5.74, 6) is -1.88. The lowest BCUT2D eigenvalue weighted by atomic mass is 9.96. The summed E-state index contributed by atoms with van der Waals surface area (Å²) >= 11 is 0. The van der Waals surface area contributed by atoms with E-state index >= 15 is 0 Å². The van der Waals surface area contributed by atoms with Crippen molar-refractivity contribution >= 4 is 10.0 Å². The number of fused-ring (bicyclic) bond motifs is 1. The molecule has 0 N–H and O–H groups in total. The molecule has 0 aromatic heterocycles. The molecule has 3 saturated heterocycles. The van der Waals surface area contributed by atoms with E-state index in [1.54, 1.807) is 0 Å². The van der Waals surface area contributed by atoms with E-state index in [1.807, 2.05) is 0 Å². The second-order valence-corrected chi connectivity index (χ2v) is 9.74. The third-order valence-corrected chi connectivity index (χ3v) is 8.06. The highest BCUT2D eigenvalue weighted by molar-refractivity contribution is 7.89. The van der Waals surface area contributed by atoms with Crippen LogP contribution in [0.5, 0.6) is 0 Å². The van der Waals surface area contributed by atoms with E-state index in [-0.39, 0.29) is 16.9 Å². The Morgan fingerprint density at radius 2 is 1.78 bits per heavy atom. The zero-order chi connectivity index (χ0) is 19.0. The van der Waals surface area contributed by atoms with Gasteiger partial charge in [0.25, 0.3) is 0 Å². The Kier molecular flexibility index (Phi) is 5.51. The predicted molar refractivity (Wildman–Crippen MR) is 96.8 cm³/mol. The van der Waals surface area contributed by atoms with Crippen molar-refractivity contribution in [3.63, 3.8) is 0 Å². The van der Waals surface area contributed by atoms with Crippen LogP contribution in [0.3, 0.4) is 0 Å². The Labute approximate surface area is 159 Å². The van der Waals surface area contributed by atoms with E-state index in [2.05, 4.69) is 4.90 Å². The Morgan fingerprint density at radius 3 is 2.52 bits per heavy atom. The maximum atomic E-state index is 13.6. The van der Waals surface area contributed by atoms with Gasteiger partial charge in [0.2, 0.25) is 10.0 Å². The first-order chi connectivity index (χ1) is 13.0. The summed E-state index contributed by atoms with van der Waals surface area (Å²) in [6, 6.07) is 3.45. The van der Waals surface area contributed by atoms with Gasteiger partial charge < -0.3 is 4.74 Å². The van der Waals surface area contributed by atoms with Gasteiger partial charge in [0.05, 0.1) is 4.90 Å². The number of rotatable bonds is 3. The van der Waals surface area contributed by atoms with Gasteiger partial charge in [-0.1, -0.05) is 6.42 Å². The van der Waals surface area contributed by atoms with Gasteiger partial charge >= 0.3 is 0 Å². The van der Waals surface area contributed by atoms with Gasteiger partial charge in [-0.25, -0.2) is 17.2 Å². The van der Waals surface area contributed by atoms with Gasteiger partial charge in [-0.2, -0.15) is 4.31 Å². The third kappa shape index (κ3) is 3.77. The molecular weight excluding hydrogens is 374 g/mol. The second kappa shape index (κ2) is 7.73. The molecule has 3 aliphatic rings. The average molecular weight is 400 g/mol. The molecule has 0 unspecified atom stereocenters. The third-order valence-electron chi connectivity index (χ3n) is 6.23. The fourth-order valence-electron chi connectivity index (χ4n) is 4.79. The van der Waals surface area contributed by atoms with Crippen LogP contribution in [0.2, 0.25) is 0 Å². The number of hydrogen-bond acceptors (Lipinski definition) is 4. The van der Waals surface area contributed by atoms with Gasteiger partial charge in [-0.15, -0.1) is 0 Å². The molecule has 8 heteroatoms. The van der Waals surface area contributed by atoms with Gasteiger partial charge in [0, 0.05) is 38.4 Å². The number of benzene rings is 1. The first kappa shape index (κ1) is 19.2. The molecule has 150 valence electrons. The van der Waals surface area contributed by atoms with Gasteiger partial charge in [0.15, 0.2) is 11.6 Å². The highest BCUT2D eigenvalue weighted by Crippen LogP contribution is 2.35. The highest BCUT2D eigenvalue weighted by Gasteiger charge is 2.44. The minimum absolute atomic E-state index is 0.171. The topological polar surface area (TPSA) is 49.9 Å². The van der Waals surface area contributed by atoms with Crippen molar-refractivity contribution in [2.75, 3.05) is 32.8 Å². The minimum Gasteiger partial charge on any atom is -0.381 e. The Hall–Kier alpha value is -1.09. The van der Waals surface area contributed by atoms with Crippen LogP contribution in [0.25, 0.3) is 0 Å². The van der Waals surface area contributed by atoms with Crippen molar-refractivity contribution < 1.29 is 21.9 Å². The summed E-state index contributed by atoms with van der Waals surface area (Å²) in [6.07, 6.45) is 5.21. The number of likely N-dealkylation sites (tertiary alicyclic amines) is 1. The second-order valence-electron chi connectivity index (χ2n) is 7.80. The molecule has 0 aliphatic carbocycles. The number of hydrogen-bond donors (Lipinski definition) is 0. The summed E-state index contributed by atoms with van der Waals surface area (Å²) < 4.78 is 59.8. The fraction of sp³-hybridized carbons (Fsp3) is 0.684. The van der Waals surface area contributed by atoms with Crippen molar-refractivity contribution in [1.82, 2.24) is 9.21 Å². The maximum absolute atomic E-state index is 13.6. The molecule has 1 aromatic rings. The van der Waals surface area contributed by atoms with Crippen LogP contribution in [0.15, 0.2) is 23.1 Å². The normalized spacial score (nSPS) is 28.8. The molecule has 27 heavy (non-hydrogen) atoms. The average Bonchev–Trinajstić information content (AvgIpc) is 3.00. The monoisotopic (exact) mass is 400 g/mol. The lowest BCUT2D eigenvalue weighted by Gasteiger charge is -2.39. The quantitative estimate of drug-likeness (QED) is 0.783. The van der Waals surface area contributed by atoms with Crippen LogP contribution in [0, 0.1) is 17.6 Å². The standard InChI is InChI=1S/C19H26F2N2O3S/c20-17-5-4-16(11-18(17)21)27(24,25)22-12-14-3-1-2-8-23(19(14)13-22)15-6-9-26-10-7-15/h4-5,11,14-15,19H,1-3,6-10,12-13H2/t14-,19+/m0/s1. The van der Waals surface area contributed by atoms with Crippen molar-refractivity contribution in [3.8, 4) is 0 Å². The molecule has 3 aliphatic heterocycles. The van der Waals surface area contributed by atoms with E-state index in [0.717, 1.165) is 70.1 Å². The van der Waals surface area contributed by atoms with Crippen LogP contribution in [0.4, 0.5) is 8.78 Å². The molecule has 1 aromatic carbocycles. The van der Waals surface area contributed by atoms with Crippen LogP contribution in [-0.4, -0.2) is 62.6 Å². The molecule has 5 nitrogen and oxygen atoms in total. The van der Waals surface area contributed by atoms with Crippen LogP contribution >= 0.6 is 0 Å². The molecule has 4 rings (SSSR count). The number of halogens is 2. The SMILES string of the molecule is O=S(=O)(c1ccc(F)c(F)c1)N1C[C@@H]2CCCCN(C3CCOCC3)[C@@H]2C1. The van der Waals surface area contributed by atoms with Gasteiger partial charge in [-0.05, 0) is 56.3 Å². The van der Waals surface area contributed by atoms with E-state index < -0.39 is 21.7 Å². The lowest BCUT2D eigenvalue weighted by Crippen LogP contribution is -2.49. The zero-order valence-electron chi connectivity index (χ0n) is 15.3. The van der Waals surface area contributed by atoms with Crippen molar-refractivity contribution in [2.24, 2.45) is 5.92 Å². The largest absolute Gasteiger partial charge is 0.381 e. The predicted octanol–water partition coefficient (Wildman–Crippen LogP) is 2.62. The molecule has 0 radical (unpaired) electrons. The van der Waals surface area contributed by atoms with Crippen LogP contribution in [0.1, 0.15) is 32.1 Å². The summed E-state index contributed by atoms with van der Waals surface area (Å²) in [5.41, 5.74) is 0. The molecular formula is C19H26F2N2O3S. The molecule has 2 atom stereocenters. The number of nitrogens with zero attached hydrogens (tertiary/aromatic N) is 2. The zero-order valence-corrected chi connectivity index (χ0v) is 16.1. The maximum Gasteiger partial charge on any atom is 0.243 e. The Morgan fingerprint density at radius 1 is 1.00 bits per heavy atom. The summed E-state index contributed by atoms with van der Waals surface area (Å²) in [6.45, 7) is 3.38. The molecule has 0 amide bonds. The first-order valence-corrected chi connectivity index (χ1v) is 11.2. The summed E-state index contributed by atoms with van der Waals surface area (Å²) in [4.78, 5) is 2.33. The van der Waals surface area contributed by atoms with Crippen molar-refractivity contribution in [2.45, 2.75) is 49.1 Å². The van der Waals surface area contributed by atoms with Crippen LogP contribution in [-0.2, 0) is 14.8 Å². The molecule has 3 heterocycles. The lowest BCUT2D eigenvalue weighted by molar-refractivity contribution is 0.0151. The minimum atomic E-state index is -3.83. The van der Waals surface area contributed by atoms with Gasteiger partial charge in [0.1, 0.15) is 0 Å². The van der Waals surface area contributed by atoms with E-state index in [1.165, 1.54) is 4.31 Å². The Balaban J connectivity index is 1.56. The van der Waals surface area contributed by atoms with E-state index in [0.29, 0.717) is 19.1 Å². The van der Waals surface area contributed by atoms with Crippen LogP contribution < -0.4 is 0 Å². The number of ether oxygens (including phenoxy) is 1. The highest BCUT2D eigenvalue weighted by atomic mass is 32.2. The van der Waals surface area contributed by atoms with Crippen molar-refractivity contribution in [3.05, 3.63) is 29.8 Å². The summed E-state index contributed by atoms with van der Waals surface area (Å²) in [5, 5.41) is 0. The van der Waals surface area contributed by atoms with Crippen molar-refractivity contribution in [1.29, 1.82) is 0 Å². The molecule has 0 bridgehead atoms. The molecule has 0 saturated carbocycles. The van der Waals surface area contributed by atoms with Gasteiger partial charge in [-0.3, -0.25) is 4.90 Å². The fourth-order valence-corrected chi connectivity index (χ4v) is 6.32. The first-order valence-electron chi connectivity index (χ1n) is 9.75. The Bertz CT molecular complexity index is 783. The van der Waals surface area contributed by atoms with E-state index in [9.17, 15) is 17.2 Å². The molecule has 0 spiro atoms. The molecule has 3 fully saturated rings.